The monoisotopic (exact) mass is 858 g/mol. The first kappa shape index (κ1) is 42.8. The van der Waals surface area contributed by atoms with Crippen LogP contribution in [0.3, 0.4) is 0 Å². The number of anilines is 3. The second-order valence-electron chi connectivity index (χ2n) is 16.1. The van der Waals surface area contributed by atoms with Crippen LogP contribution in [-0.2, 0) is 32.3 Å². The van der Waals surface area contributed by atoms with Gasteiger partial charge in [-0.25, -0.2) is 18.6 Å². The Morgan fingerprint density at radius 2 is 1.85 bits per heavy atom. The fraction of sp³-hybridized carbons (Fsp3) is 0.538. The Labute approximate surface area is 346 Å². The average Bonchev–Trinajstić information content (AvgIpc) is 3.60. The molecule has 4 aliphatic rings. The lowest BCUT2D eigenvalue weighted by Gasteiger charge is -2.41. The smallest absolute Gasteiger partial charge is 0.378 e. The van der Waals surface area contributed by atoms with Gasteiger partial charge in [0.05, 0.1) is 47.8 Å². The summed E-state index contributed by atoms with van der Waals surface area (Å²) in [5.41, 5.74) is -2.53. The molecule has 1 atom stereocenters. The average molecular weight is 859 g/mol. The van der Waals surface area contributed by atoms with Crippen LogP contribution in [0.1, 0.15) is 70.1 Å². The highest BCUT2D eigenvalue weighted by Gasteiger charge is 2.53. The number of para-hydroxylation sites is 1. The van der Waals surface area contributed by atoms with E-state index in [4.69, 9.17) is 22.2 Å². The topological polar surface area (TPSA) is 169 Å². The number of hydrogen-bond donors (Lipinski definition) is 2. The summed E-state index contributed by atoms with van der Waals surface area (Å²) in [6.45, 7) is 2.96. The number of piperidine rings is 1. The lowest BCUT2D eigenvalue weighted by atomic mass is 9.88. The van der Waals surface area contributed by atoms with Gasteiger partial charge in [0.1, 0.15) is 11.6 Å². The van der Waals surface area contributed by atoms with E-state index in [0.29, 0.717) is 54.2 Å². The number of alkyl halides is 5. The van der Waals surface area contributed by atoms with Gasteiger partial charge in [-0.05, 0) is 89.3 Å². The Morgan fingerprint density at radius 3 is 2.52 bits per heavy atom. The number of aromatic nitrogens is 3. The number of imide groups is 1. The van der Waals surface area contributed by atoms with Crippen LogP contribution >= 0.6 is 12.2 Å². The van der Waals surface area contributed by atoms with Crippen molar-refractivity contribution in [2.24, 2.45) is 13.0 Å². The third-order valence-corrected chi connectivity index (χ3v) is 12.1. The summed E-state index contributed by atoms with van der Waals surface area (Å²) in [6.07, 6.45) is -1.49. The summed E-state index contributed by atoms with van der Waals surface area (Å²) in [5, 5.41) is 19.3. The van der Waals surface area contributed by atoms with Gasteiger partial charge < -0.3 is 15.0 Å². The molecule has 1 aliphatic carbocycles. The number of nitriles is 1. The molecule has 2 N–H and O–H groups in total. The highest BCUT2D eigenvalue weighted by atomic mass is 32.1. The summed E-state index contributed by atoms with van der Waals surface area (Å²) >= 11 is 5.66. The maximum Gasteiger partial charge on any atom is 0.419 e. The number of urea groups is 1. The van der Waals surface area contributed by atoms with Crippen molar-refractivity contribution in [3.8, 4) is 6.07 Å². The predicted molar refractivity (Wildman–Crippen MR) is 211 cm³/mol. The molecule has 1 saturated carbocycles. The van der Waals surface area contributed by atoms with Crippen LogP contribution < -0.4 is 20.4 Å². The Bertz CT molecular complexity index is 2270. The standard InChI is InChI=1S/C39H43F5N10O5S/c1-37(2)34(57)53(24-17-27(39(42,43)44)29(18-45)46-19-24)36(60)54(37)23-7-9-25(10-8-23)59-16-13-22-11-14-51(21-38(22,40)41)20-31(56)47-28-6-4-5-26-32(28)50(3)49-33(26)52-15-12-30(55)48-35(52)58/h4-6,17,19,22-23,25H,7-16,20-21H2,1-3H3,(H,47,56)(H,48,55,58). The molecule has 1 aromatic carbocycles. The molecular weight excluding hydrogens is 816 g/mol. The first-order valence-electron chi connectivity index (χ1n) is 19.5. The van der Waals surface area contributed by atoms with E-state index in [1.54, 1.807) is 44.0 Å². The number of thiocarbonyl (C=S) groups is 1. The number of aryl methyl sites for hydroxylation is 1. The first-order valence-corrected chi connectivity index (χ1v) is 19.9. The number of nitrogens with zero attached hydrogens (tertiary/aromatic N) is 8. The predicted octanol–water partition coefficient (Wildman–Crippen LogP) is 5.33. The van der Waals surface area contributed by atoms with Crippen LogP contribution in [-0.4, -0.2) is 110 Å². The molecule has 1 unspecified atom stereocenters. The van der Waals surface area contributed by atoms with Gasteiger partial charge in [-0.3, -0.25) is 39.1 Å². The van der Waals surface area contributed by atoms with Gasteiger partial charge in [-0.1, -0.05) is 6.07 Å². The SMILES string of the molecule is Cn1nc(N2CCC(=O)NC2=O)c2cccc(NC(=O)CN3CCC(CCOC4CCC(N5C(=S)N(c6cnc(C#N)c(C(F)(F)F)c6)C(=O)C5(C)C)CC4)C(F)(F)C3)c21. The van der Waals surface area contributed by atoms with E-state index < -0.39 is 59.2 Å². The van der Waals surface area contributed by atoms with Gasteiger partial charge in [0.2, 0.25) is 11.8 Å². The van der Waals surface area contributed by atoms with Gasteiger partial charge in [-0.15, -0.1) is 0 Å². The van der Waals surface area contributed by atoms with Crippen LogP contribution in [0, 0.1) is 17.2 Å². The maximum absolute atomic E-state index is 15.5. The fourth-order valence-electron chi connectivity index (χ4n) is 8.70. The van der Waals surface area contributed by atoms with Crippen molar-refractivity contribution in [1.82, 2.24) is 29.9 Å². The Hall–Kier alpha value is -5.33. The summed E-state index contributed by atoms with van der Waals surface area (Å²) in [5.74, 6) is -5.10. The number of halogens is 5. The van der Waals surface area contributed by atoms with Crippen LogP contribution in [0.4, 0.5) is 43.9 Å². The molecule has 7 rings (SSSR count). The molecule has 15 nitrogen and oxygen atoms in total. The Kier molecular flexibility index (Phi) is 11.6. The molecule has 0 spiro atoms. The lowest BCUT2D eigenvalue weighted by molar-refractivity contribution is -0.138. The third kappa shape index (κ3) is 8.24. The molecular formula is C39H43F5N10O5S. The Morgan fingerprint density at radius 1 is 1.12 bits per heavy atom. The van der Waals surface area contributed by atoms with E-state index in [-0.39, 0.29) is 74.4 Å². The summed E-state index contributed by atoms with van der Waals surface area (Å²) in [7, 11) is 1.65. The van der Waals surface area contributed by atoms with Crippen molar-refractivity contribution in [1.29, 1.82) is 5.26 Å². The number of carbonyl (C=O) groups is 4. The van der Waals surface area contributed by atoms with Crippen molar-refractivity contribution >= 4 is 69.2 Å². The largest absolute Gasteiger partial charge is 0.419 e. The number of pyridine rings is 1. The van der Waals surface area contributed by atoms with Crippen LogP contribution in [0.25, 0.3) is 10.9 Å². The van der Waals surface area contributed by atoms with E-state index in [1.165, 1.54) is 20.6 Å². The zero-order valence-electron chi connectivity index (χ0n) is 33.0. The molecule has 21 heteroatoms. The number of rotatable bonds is 10. The molecule has 4 fully saturated rings. The number of benzene rings is 1. The molecule has 5 heterocycles. The number of likely N-dealkylation sites (tertiary alicyclic amines) is 1. The van der Waals surface area contributed by atoms with E-state index in [0.717, 1.165) is 11.1 Å². The van der Waals surface area contributed by atoms with Gasteiger partial charge in [0.15, 0.2) is 16.6 Å². The van der Waals surface area contributed by atoms with E-state index in [2.05, 4.69) is 20.7 Å². The minimum Gasteiger partial charge on any atom is -0.378 e. The molecule has 5 amide bonds. The van der Waals surface area contributed by atoms with E-state index >= 15 is 8.78 Å². The van der Waals surface area contributed by atoms with Crippen molar-refractivity contribution in [2.45, 2.75) is 88.6 Å². The highest BCUT2D eigenvalue weighted by Crippen LogP contribution is 2.41. The van der Waals surface area contributed by atoms with Crippen molar-refractivity contribution in [3.05, 3.63) is 41.7 Å². The summed E-state index contributed by atoms with van der Waals surface area (Å²) in [6, 6.07) is 6.39. The first-order chi connectivity index (χ1) is 28.3. The van der Waals surface area contributed by atoms with Gasteiger partial charge in [0, 0.05) is 44.0 Å². The minimum atomic E-state index is -4.87. The normalized spacial score (nSPS) is 23.6. The van der Waals surface area contributed by atoms with E-state index in [9.17, 15) is 32.3 Å². The second-order valence-corrected chi connectivity index (χ2v) is 16.4. The molecule has 3 aromatic rings. The van der Waals surface area contributed by atoms with Crippen molar-refractivity contribution in [3.63, 3.8) is 0 Å². The van der Waals surface area contributed by atoms with Crippen LogP contribution in [0.5, 0.6) is 0 Å². The van der Waals surface area contributed by atoms with Crippen molar-refractivity contribution < 1.29 is 45.9 Å². The molecule has 2 aromatic heterocycles. The van der Waals surface area contributed by atoms with Crippen LogP contribution in [0.15, 0.2) is 30.5 Å². The molecule has 60 heavy (non-hydrogen) atoms. The minimum absolute atomic E-state index is 0.0322. The summed E-state index contributed by atoms with van der Waals surface area (Å²) in [4.78, 5) is 60.0. The van der Waals surface area contributed by atoms with Crippen molar-refractivity contribution in [2.75, 3.05) is 47.9 Å². The number of fused-ring (bicyclic) bond motifs is 1. The number of ether oxygens (including phenoxy) is 1. The summed E-state index contributed by atoms with van der Waals surface area (Å²) < 4.78 is 79.6. The zero-order chi connectivity index (χ0) is 43.3. The molecule has 0 bridgehead atoms. The number of amides is 5. The third-order valence-electron chi connectivity index (χ3n) is 11.7. The fourth-order valence-corrected chi connectivity index (χ4v) is 9.27. The van der Waals surface area contributed by atoms with Gasteiger partial charge >= 0.3 is 12.2 Å². The quantitative estimate of drug-likeness (QED) is 0.200. The van der Waals surface area contributed by atoms with Gasteiger partial charge in [-0.2, -0.15) is 23.5 Å². The lowest BCUT2D eigenvalue weighted by Crippen LogP contribution is -2.51. The number of nitrogens with one attached hydrogen (secondary N) is 2. The number of hydrogen-bond acceptors (Lipinski definition) is 10. The molecule has 3 saturated heterocycles. The van der Waals surface area contributed by atoms with Crippen LogP contribution in [0.2, 0.25) is 0 Å². The zero-order valence-corrected chi connectivity index (χ0v) is 33.8. The van der Waals surface area contributed by atoms with E-state index in [1.807, 2.05) is 0 Å². The maximum atomic E-state index is 15.5. The molecule has 320 valence electrons. The molecule has 0 radical (unpaired) electrons. The second kappa shape index (κ2) is 16.3. The molecule has 3 aliphatic heterocycles. The van der Waals surface area contributed by atoms with Gasteiger partial charge in [0.25, 0.3) is 11.8 Å². The number of carbonyl (C=O) groups excluding carboxylic acids is 4. The Balaban J connectivity index is 0.885. The highest BCUT2D eigenvalue weighted by molar-refractivity contribution is 7.80.